The van der Waals surface area contributed by atoms with Crippen molar-refractivity contribution in [2.45, 2.75) is 6.92 Å². The van der Waals surface area contributed by atoms with Gasteiger partial charge in [0.15, 0.2) is 11.5 Å². The van der Waals surface area contributed by atoms with Gasteiger partial charge in [0, 0.05) is 12.5 Å². The summed E-state index contributed by atoms with van der Waals surface area (Å²) in [5.41, 5.74) is 2.44. The van der Waals surface area contributed by atoms with Gasteiger partial charge in [0.05, 0.1) is 14.2 Å². The fourth-order valence-corrected chi connectivity index (χ4v) is 1.79. The van der Waals surface area contributed by atoms with Gasteiger partial charge in [-0.05, 0) is 29.8 Å². The molecule has 0 atom stereocenters. The summed E-state index contributed by atoms with van der Waals surface area (Å²) in [6.45, 7) is 1.38. The first-order valence-corrected chi connectivity index (χ1v) is 6.15. The molecule has 2 aliphatic carbocycles. The molecule has 2 aliphatic rings. The van der Waals surface area contributed by atoms with Crippen LogP contribution in [0.25, 0.3) is 11.1 Å². The Hall–Kier alpha value is -2.49. The Morgan fingerprint density at radius 3 is 2.20 bits per heavy atom. The summed E-state index contributed by atoms with van der Waals surface area (Å²) in [5.74, 6) is 2.02. The zero-order valence-corrected chi connectivity index (χ0v) is 11.7. The number of para-hydroxylation sites is 1. The average molecular weight is 272 g/mol. The Bertz CT molecular complexity index is 605. The van der Waals surface area contributed by atoms with Gasteiger partial charge in [-0.2, -0.15) is 0 Å². The van der Waals surface area contributed by atoms with Crippen LogP contribution in [0, 0.1) is 0 Å². The number of rotatable bonds is 3. The summed E-state index contributed by atoms with van der Waals surface area (Å²) >= 11 is 0. The number of methoxy groups -OCH3 is 2. The molecular weight excluding hydrogens is 256 g/mol. The molecule has 0 aromatic heterocycles. The summed E-state index contributed by atoms with van der Waals surface area (Å²) in [4.78, 5) is 10.4. The number of benzene rings is 2. The molecule has 0 heterocycles. The van der Waals surface area contributed by atoms with Crippen LogP contribution in [0.5, 0.6) is 17.2 Å². The molecule has 20 heavy (non-hydrogen) atoms. The molecule has 3 rings (SSSR count). The van der Waals surface area contributed by atoms with E-state index in [1.165, 1.54) is 18.1 Å². The standard InChI is InChI=1S/2C8H8O2/c1-9-7-4-5-3-6(5)8(7)10-2;1-7(9)10-8-5-3-2-4-6-8/h3-4H,1-2H3;2-6H,1H3. The molecule has 0 aliphatic heterocycles. The molecule has 4 heteroatoms. The van der Waals surface area contributed by atoms with Crippen molar-refractivity contribution >= 4 is 5.97 Å². The lowest BCUT2D eigenvalue weighted by atomic mass is 10.3. The second kappa shape index (κ2) is 6.10. The monoisotopic (exact) mass is 272 g/mol. The van der Waals surface area contributed by atoms with Gasteiger partial charge in [0.2, 0.25) is 0 Å². The molecule has 0 bridgehead atoms. The Labute approximate surface area is 117 Å². The number of esters is 1. The van der Waals surface area contributed by atoms with Crippen LogP contribution in [0.4, 0.5) is 0 Å². The fraction of sp³-hybridized carbons (Fsp3) is 0.188. The lowest BCUT2D eigenvalue weighted by Crippen LogP contribution is -2.00. The van der Waals surface area contributed by atoms with Crippen molar-refractivity contribution in [1.82, 2.24) is 0 Å². The van der Waals surface area contributed by atoms with Crippen LogP contribution >= 0.6 is 0 Å². The molecule has 104 valence electrons. The lowest BCUT2D eigenvalue weighted by molar-refractivity contribution is -0.131. The third-order valence-electron chi connectivity index (χ3n) is 2.71. The Morgan fingerprint density at radius 2 is 1.70 bits per heavy atom. The number of carbonyl (C=O) groups excluding carboxylic acids is 1. The maximum absolute atomic E-state index is 10.4. The minimum atomic E-state index is -0.286. The van der Waals surface area contributed by atoms with Gasteiger partial charge in [-0.1, -0.05) is 18.2 Å². The van der Waals surface area contributed by atoms with Crippen LogP contribution in [0.1, 0.15) is 6.92 Å². The third-order valence-corrected chi connectivity index (χ3v) is 2.71. The minimum absolute atomic E-state index is 0.286. The number of fused-ring (bicyclic) bond motifs is 1. The second-order valence-corrected chi connectivity index (χ2v) is 4.17. The molecule has 1 aromatic carbocycles. The van der Waals surface area contributed by atoms with E-state index < -0.39 is 0 Å². The highest BCUT2D eigenvalue weighted by atomic mass is 16.5. The van der Waals surface area contributed by atoms with E-state index in [9.17, 15) is 4.79 Å². The Balaban J connectivity index is 0.000000147. The molecule has 0 saturated heterocycles. The van der Waals surface area contributed by atoms with Crippen LogP contribution < -0.4 is 14.2 Å². The lowest BCUT2D eigenvalue weighted by Gasteiger charge is -2.00. The van der Waals surface area contributed by atoms with E-state index in [0.717, 1.165) is 11.5 Å². The normalized spacial score (nSPS) is 9.95. The topological polar surface area (TPSA) is 44.8 Å². The molecule has 0 unspecified atom stereocenters. The van der Waals surface area contributed by atoms with Crippen molar-refractivity contribution in [1.29, 1.82) is 0 Å². The molecule has 0 radical (unpaired) electrons. The van der Waals surface area contributed by atoms with E-state index in [1.54, 1.807) is 26.4 Å². The van der Waals surface area contributed by atoms with Crippen molar-refractivity contribution in [2.24, 2.45) is 0 Å². The van der Waals surface area contributed by atoms with Crippen LogP contribution in [0.3, 0.4) is 0 Å². The fourth-order valence-electron chi connectivity index (χ4n) is 1.79. The van der Waals surface area contributed by atoms with E-state index in [2.05, 4.69) is 6.07 Å². The molecule has 0 fully saturated rings. The number of hydrogen-bond acceptors (Lipinski definition) is 4. The highest BCUT2D eigenvalue weighted by Gasteiger charge is 2.24. The summed E-state index contributed by atoms with van der Waals surface area (Å²) in [7, 11) is 3.31. The molecule has 4 nitrogen and oxygen atoms in total. The second-order valence-electron chi connectivity index (χ2n) is 4.17. The summed E-state index contributed by atoms with van der Waals surface area (Å²) in [6.07, 6.45) is 0. The molecule has 0 N–H and O–H groups in total. The van der Waals surface area contributed by atoms with Crippen molar-refractivity contribution < 1.29 is 19.0 Å². The largest absolute Gasteiger partial charge is 0.493 e. The first-order chi connectivity index (χ1) is 9.65. The number of ether oxygens (including phenoxy) is 3. The SMILES string of the molecule is CC(=O)Oc1ccccc1.COc1cc2cc-2c1OC. The van der Waals surface area contributed by atoms with Gasteiger partial charge >= 0.3 is 5.97 Å². The van der Waals surface area contributed by atoms with Crippen molar-refractivity contribution in [3.8, 4) is 28.4 Å². The maximum Gasteiger partial charge on any atom is 0.308 e. The first kappa shape index (κ1) is 13.9. The van der Waals surface area contributed by atoms with Gasteiger partial charge < -0.3 is 14.2 Å². The van der Waals surface area contributed by atoms with Gasteiger partial charge in [0.1, 0.15) is 5.75 Å². The van der Waals surface area contributed by atoms with Crippen LogP contribution in [-0.4, -0.2) is 20.2 Å². The number of hydrogen-bond donors (Lipinski definition) is 0. The zero-order valence-electron chi connectivity index (χ0n) is 11.7. The molecule has 0 spiro atoms. The van der Waals surface area contributed by atoms with E-state index in [4.69, 9.17) is 14.2 Å². The van der Waals surface area contributed by atoms with Crippen molar-refractivity contribution in [2.75, 3.05) is 14.2 Å². The quantitative estimate of drug-likeness (QED) is 0.542. The smallest absolute Gasteiger partial charge is 0.308 e. The summed E-state index contributed by atoms with van der Waals surface area (Å²) in [5, 5.41) is 0. The van der Waals surface area contributed by atoms with Crippen LogP contribution in [0.15, 0.2) is 42.5 Å². The molecule has 0 amide bonds. The van der Waals surface area contributed by atoms with Crippen molar-refractivity contribution in [3.05, 3.63) is 42.5 Å². The minimum Gasteiger partial charge on any atom is -0.493 e. The van der Waals surface area contributed by atoms with Gasteiger partial charge in [-0.15, -0.1) is 0 Å². The van der Waals surface area contributed by atoms with Gasteiger partial charge in [0.25, 0.3) is 0 Å². The van der Waals surface area contributed by atoms with Gasteiger partial charge in [-0.3, -0.25) is 4.79 Å². The molecular formula is C16H16O4. The van der Waals surface area contributed by atoms with Gasteiger partial charge in [-0.25, -0.2) is 0 Å². The predicted octanol–water partition coefficient (Wildman–Crippen LogP) is 3.30. The highest BCUT2D eigenvalue weighted by Crippen LogP contribution is 2.50. The van der Waals surface area contributed by atoms with Crippen LogP contribution in [0.2, 0.25) is 0 Å². The van der Waals surface area contributed by atoms with E-state index in [0.29, 0.717) is 5.75 Å². The maximum atomic E-state index is 10.4. The van der Waals surface area contributed by atoms with Crippen molar-refractivity contribution in [3.63, 3.8) is 0 Å². The van der Waals surface area contributed by atoms with Crippen LogP contribution in [-0.2, 0) is 4.79 Å². The zero-order chi connectivity index (χ0) is 14.5. The predicted molar refractivity (Wildman–Crippen MR) is 76.3 cm³/mol. The molecule has 1 aromatic rings. The first-order valence-electron chi connectivity index (χ1n) is 6.15. The number of carbonyl (C=O) groups is 1. The Kier molecular flexibility index (Phi) is 4.25. The van der Waals surface area contributed by atoms with E-state index >= 15 is 0 Å². The Morgan fingerprint density at radius 1 is 1.00 bits per heavy atom. The highest BCUT2D eigenvalue weighted by molar-refractivity contribution is 5.91. The third kappa shape index (κ3) is 3.29. The average Bonchev–Trinajstić information content (AvgIpc) is 3.11. The van der Waals surface area contributed by atoms with E-state index in [1.807, 2.05) is 24.3 Å². The molecule has 0 saturated carbocycles. The summed E-state index contributed by atoms with van der Waals surface area (Å²) < 4.78 is 14.9. The summed E-state index contributed by atoms with van der Waals surface area (Å²) in [6, 6.07) is 13.0. The van der Waals surface area contributed by atoms with E-state index in [-0.39, 0.29) is 5.97 Å².